The molecule has 76 heavy (non-hydrogen) atoms. The van der Waals surface area contributed by atoms with Crippen molar-refractivity contribution in [3.05, 3.63) is 192 Å². The SMILES string of the molecule is c1ccc(N(c2cc(C3CCCC3)c3ccc4c(N(c5ccccc5)c5cccc6c5oc5c(C7CCCC7)cccc56)cc(C5CCCC5)c5ccc2c3c54)c2cccc3c2oc2c(C4CCCC4)cccc23)cc1. The lowest BCUT2D eigenvalue weighted by Crippen LogP contribution is -2.13. The molecule has 2 aromatic heterocycles. The van der Waals surface area contributed by atoms with Gasteiger partial charge in [0.05, 0.1) is 22.7 Å². The number of nitrogens with zero attached hydrogens (tertiary/aromatic N) is 2. The number of para-hydroxylation sites is 6. The Kier molecular flexibility index (Phi) is 10.6. The first kappa shape index (κ1) is 44.7. The van der Waals surface area contributed by atoms with Gasteiger partial charge in [-0.05, 0) is 167 Å². The summed E-state index contributed by atoms with van der Waals surface area (Å²) < 4.78 is 14.7. The first-order chi connectivity index (χ1) is 37.7. The van der Waals surface area contributed by atoms with Crippen LogP contribution in [0.25, 0.3) is 76.2 Å². The zero-order valence-corrected chi connectivity index (χ0v) is 43.5. The van der Waals surface area contributed by atoms with Crippen molar-refractivity contribution >= 4 is 110 Å². The Morgan fingerprint density at radius 2 is 0.592 bits per heavy atom. The third-order valence-electron chi connectivity index (χ3n) is 19.2. The monoisotopic (exact) mass is 988 g/mol. The van der Waals surface area contributed by atoms with E-state index in [1.54, 1.807) is 0 Å². The first-order valence-corrected chi connectivity index (χ1v) is 29.1. The van der Waals surface area contributed by atoms with Crippen LogP contribution in [0.15, 0.2) is 179 Å². The minimum atomic E-state index is 0.478. The highest BCUT2D eigenvalue weighted by Gasteiger charge is 2.32. The smallest absolute Gasteiger partial charge is 0.159 e. The highest BCUT2D eigenvalue weighted by molar-refractivity contribution is 6.30. The molecule has 0 saturated heterocycles. The predicted molar refractivity (Wildman–Crippen MR) is 319 cm³/mol. The van der Waals surface area contributed by atoms with E-state index in [2.05, 4.69) is 180 Å². The van der Waals surface area contributed by atoms with E-state index in [4.69, 9.17) is 8.83 Å². The van der Waals surface area contributed by atoms with Gasteiger partial charge in [-0.25, -0.2) is 0 Å². The van der Waals surface area contributed by atoms with Gasteiger partial charge in [-0.1, -0.05) is 173 Å². The molecule has 4 nitrogen and oxygen atoms in total. The molecular weight excluding hydrogens is 925 g/mol. The van der Waals surface area contributed by atoms with Crippen LogP contribution in [0.3, 0.4) is 0 Å². The van der Waals surface area contributed by atoms with Crippen molar-refractivity contribution in [3.8, 4) is 0 Å². The number of benzene rings is 10. The third-order valence-corrected chi connectivity index (χ3v) is 19.2. The van der Waals surface area contributed by atoms with Crippen molar-refractivity contribution in [2.24, 2.45) is 0 Å². The highest BCUT2D eigenvalue weighted by atomic mass is 16.3. The van der Waals surface area contributed by atoms with Gasteiger partial charge in [-0.15, -0.1) is 0 Å². The Balaban J connectivity index is 0.993. The van der Waals surface area contributed by atoms with Crippen molar-refractivity contribution in [2.45, 2.75) is 126 Å². The van der Waals surface area contributed by atoms with Gasteiger partial charge in [0.1, 0.15) is 11.2 Å². The summed E-state index contributed by atoms with van der Waals surface area (Å²) in [5, 5.41) is 12.9. The van der Waals surface area contributed by atoms with E-state index in [1.807, 2.05) is 0 Å². The topological polar surface area (TPSA) is 32.8 Å². The summed E-state index contributed by atoms with van der Waals surface area (Å²) in [7, 11) is 0. The minimum Gasteiger partial charge on any atom is -0.454 e. The molecule has 0 amide bonds. The number of hydrogen-bond acceptors (Lipinski definition) is 4. The predicted octanol–water partition coefficient (Wildman–Crippen LogP) is 22.0. The Morgan fingerprint density at radius 1 is 0.263 bits per heavy atom. The van der Waals surface area contributed by atoms with Crippen LogP contribution in [0.5, 0.6) is 0 Å². The molecule has 12 aromatic rings. The lowest BCUT2D eigenvalue weighted by Gasteiger charge is -2.32. The van der Waals surface area contributed by atoms with E-state index in [9.17, 15) is 0 Å². The molecule has 10 aromatic carbocycles. The Hall–Kier alpha value is -7.56. The van der Waals surface area contributed by atoms with Crippen LogP contribution < -0.4 is 9.80 Å². The van der Waals surface area contributed by atoms with Crippen LogP contribution in [0.4, 0.5) is 34.1 Å². The van der Waals surface area contributed by atoms with E-state index in [1.165, 1.54) is 190 Å². The molecule has 0 unspecified atom stereocenters. The number of fused-ring (bicyclic) bond motifs is 6. The maximum absolute atomic E-state index is 7.33. The summed E-state index contributed by atoms with van der Waals surface area (Å²) in [6.07, 6.45) is 20.0. The molecule has 0 spiro atoms. The fourth-order valence-corrected chi connectivity index (χ4v) is 15.6. The molecule has 374 valence electrons. The quantitative estimate of drug-likeness (QED) is 0.128. The van der Waals surface area contributed by atoms with Gasteiger partial charge in [0.15, 0.2) is 11.2 Å². The van der Waals surface area contributed by atoms with E-state index < -0.39 is 0 Å². The molecule has 4 aliphatic carbocycles. The molecular formula is C72H64N2O2. The zero-order chi connectivity index (χ0) is 49.8. The van der Waals surface area contributed by atoms with Gasteiger partial charge in [0.25, 0.3) is 0 Å². The molecule has 2 heterocycles. The second-order valence-corrected chi connectivity index (χ2v) is 23.3. The fraction of sp³-hybridized carbons (Fsp3) is 0.278. The van der Waals surface area contributed by atoms with Crippen molar-refractivity contribution in [3.63, 3.8) is 0 Å². The summed E-state index contributed by atoms with van der Waals surface area (Å²) in [6.45, 7) is 0. The number of furan rings is 2. The summed E-state index contributed by atoms with van der Waals surface area (Å²) in [4.78, 5) is 5.11. The molecule has 0 aliphatic heterocycles. The van der Waals surface area contributed by atoms with E-state index in [-0.39, 0.29) is 0 Å². The molecule has 4 heteroatoms. The van der Waals surface area contributed by atoms with E-state index >= 15 is 0 Å². The van der Waals surface area contributed by atoms with Gasteiger partial charge in [0, 0.05) is 43.7 Å². The summed E-state index contributed by atoms with van der Waals surface area (Å²) in [6, 6.07) is 64.9. The van der Waals surface area contributed by atoms with Gasteiger partial charge in [-0.3, -0.25) is 0 Å². The average molecular weight is 989 g/mol. The Labute approximate surface area is 445 Å². The van der Waals surface area contributed by atoms with Crippen LogP contribution in [0.1, 0.15) is 149 Å². The Bertz CT molecular complexity index is 3890. The maximum atomic E-state index is 7.33. The summed E-state index contributed by atoms with van der Waals surface area (Å²) in [5.41, 5.74) is 16.6. The zero-order valence-electron chi connectivity index (χ0n) is 43.5. The lowest BCUT2D eigenvalue weighted by molar-refractivity contribution is 0.643. The number of rotatable bonds is 10. The van der Waals surface area contributed by atoms with Crippen LogP contribution in [-0.4, -0.2) is 0 Å². The molecule has 0 atom stereocenters. The van der Waals surface area contributed by atoms with Crippen molar-refractivity contribution < 1.29 is 8.83 Å². The second-order valence-electron chi connectivity index (χ2n) is 23.3. The molecule has 4 aliphatic rings. The number of hydrogen-bond donors (Lipinski definition) is 0. The normalized spacial score (nSPS) is 17.2. The van der Waals surface area contributed by atoms with E-state index in [0.29, 0.717) is 23.7 Å². The molecule has 4 fully saturated rings. The fourth-order valence-electron chi connectivity index (χ4n) is 15.6. The molecule has 0 bridgehead atoms. The second kappa shape index (κ2) is 18.0. The van der Waals surface area contributed by atoms with Gasteiger partial charge < -0.3 is 18.6 Å². The standard InChI is InChI=1S/C72H64N2O2/c1-3-27-49(28-4-1)73(63-37-17-35-57-55-33-15-31-51(45-19-7-8-20-45)69(55)75-71(57)63)65-43-61(47-23-11-12-24-47)53-40-42-60-66(44-62(48-25-13-14-26-48)54-39-41-59(65)67(53)68(54)60)74(50-29-5-2-6-30-50)64-38-18-36-58-56-34-16-32-52(46-21-9-10-22-46)70(56)76-72(58)64/h1-6,15-18,27-48H,7-14,19-26H2. The van der Waals surface area contributed by atoms with Crippen molar-refractivity contribution in [1.29, 1.82) is 0 Å². The van der Waals surface area contributed by atoms with Crippen LogP contribution in [0, 0.1) is 0 Å². The van der Waals surface area contributed by atoms with Gasteiger partial charge in [-0.2, -0.15) is 0 Å². The molecule has 0 N–H and O–H groups in total. The molecule has 0 radical (unpaired) electrons. The van der Waals surface area contributed by atoms with Crippen LogP contribution >= 0.6 is 0 Å². The third kappa shape index (κ3) is 6.94. The largest absolute Gasteiger partial charge is 0.454 e. The number of anilines is 6. The Morgan fingerprint density at radius 3 is 0.974 bits per heavy atom. The molecule has 4 saturated carbocycles. The van der Waals surface area contributed by atoms with Crippen molar-refractivity contribution in [1.82, 2.24) is 0 Å². The lowest BCUT2D eigenvalue weighted by atomic mass is 9.82. The maximum Gasteiger partial charge on any atom is 0.159 e. The highest BCUT2D eigenvalue weighted by Crippen LogP contribution is 2.55. The van der Waals surface area contributed by atoms with Crippen LogP contribution in [-0.2, 0) is 0 Å². The van der Waals surface area contributed by atoms with Gasteiger partial charge in [0.2, 0.25) is 0 Å². The minimum absolute atomic E-state index is 0.478. The van der Waals surface area contributed by atoms with Crippen LogP contribution in [0.2, 0.25) is 0 Å². The van der Waals surface area contributed by atoms with E-state index in [0.717, 1.165) is 45.1 Å². The first-order valence-electron chi connectivity index (χ1n) is 29.1. The van der Waals surface area contributed by atoms with Gasteiger partial charge >= 0.3 is 0 Å². The molecule has 16 rings (SSSR count). The summed E-state index contributed by atoms with van der Waals surface area (Å²) in [5.74, 6) is 2.04. The van der Waals surface area contributed by atoms with Crippen molar-refractivity contribution in [2.75, 3.05) is 9.80 Å². The summed E-state index contributed by atoms with van der Waals surface area (Å²) >= 11 is 0. The average Bonchev–Trinajstić information content (AvgIpc) is 4.45.